The fourth-order valence-corrected chi connectivity index (χ4v) is 1.74. The molecule has 1 aromatic rings. The molecule has 6 heteroatoms. The second-order valence-electron chi connectivity index (χ2n) is 4.54. The number of hydrogen-bond acceptors (Lipinski definition) is 1. The lowest BCUT2D eigenvalue weighted by molar-refractivity contribution is 0.583. The average molecular weight is 295 g/mol. The van der Waals surface area contributed by atoms with Gasteiger partial charge in [-0.1, -0.05) is 34.8 Å². The molecular formula is C11H14Cl3N3. The number of rotatable bonds is 1. The molecule has 0 saturated heterocycles. The Hall–Kier alpha value is -0.640. The van der Waals surface area contributed by atoms with Crippen LogP contribution in [0.4, 0.5) is 5.69 Å². The highest BCUT2D eigenvalue weighted by atomic mass is 35.5. The Kier molecular flexibility index (Phi) is 4.53. The summed E-state index contributed by atoms with van der Waals surface area (Å²) in [6.45, 7) is 5.83. The van der Waals surface area contributed by atoms with E-state index in [4.69, 9.17) is 40.5 Å². The van der Waals surface area contributed by atoms with E-state index >= 15 is 0 Å². The summed E-state index contributed by atoms with van der Waals surface area (Å²) in [6.07, 6.45) is 0. The van der Waals surface area contributed by atoms with Crippen molar-refractivity contribution in [2.24, 2.45) is 10.7 Å². The lowest BCUT2D eigenvalue weighted by atomic mass is 10.1. The number of nitrogens with one attached hydrogen (secondary N) is 1. The number of halogens is 3. The summed E-state index contributed by atoms with van der Waals surface area (Å²) in [6, 6.07) is 3.16. The van der Waals surface area contributed by atoms with Crippen LogP contribution >= 0.6 is 34.8 Å². The molecule has 3 N–H and O–H groups in total. The van der Waals surface area contributed by atoms with E-state index in [1.165, 1.54) is 0 Å². The van der Waals surface area contributed by atoms with Gasteiger partial charge in [0.05, 0.1) is 26.3 Å². The first-order valence-electron chi connectivity index (χ1n) is 4.96. The molecule has 0 atom stereocenters. The van der Waals surface area contributed by atoms with Crippen LogP contribution in [-0.4, -0.2) is 11.5 Å². The molecule has 1 aromatic carbocycles. The van der Waals surface area contributed by atoms with Gasteiger partial charge in [-0.3, -0.25) is 0 Å². The second kappa shape index (κ2) is 5.34. The van der Waals surface area contributed by atoms with Crippen molar-refractivity contribution in [3.8, 4) is 0 Å². The normalized spacial score (nSPS) is 12.7. The smallest absolute Gasteiger partial charge is 0.193 e. The molecule has 0 fully saturated rings. The van der Waals surface area contributed by atoms with Crippen LogP contribution in [0, 0.1) is 0 Å². The molecule has 0 aromatic heterocycles. The maximum absolute atomic E-state index is 6.00. The van der Waals surface area contributed by atoms with Crippen LogP contribution in [0.2, 0.25) is 15.1 Å². The van der Waals surface area contributed by atoms with E-state index in [1.807, 2.05) is 20.8 Å². The van der Waals surface area contributed by atoms with Crippen LogP contribution in [0.15, 0.2) is 17.1 Å². The van der Waals surface area contributed by atoms with E-state index in [-0.39, 0.29) is 11.5 Å². The van der Waals surface area contributed by atoms with Gasteiger partial charge in [0.15, 0.2) is 5.96 Å². The zero-order valence-electron chi connectivity index (χ0n) is 9.81. The molecule has 1 rings (SSSR count). The molecule has 0 radical (unpaired) electrons. The topological polar surface area (TPSA) is 50.4 Å². The fraction of sp³-hybridized carbons (Fsp3) is 0.364. The summed E-state index contributed by atoms with van der Waals surface area (Å²) in [5.41, 5.74) is 6.06. The first-order chi connectivity index (χ1) is 7.69. The predicted molar refractivity (Wildman–Crippen MR) is 76.5 cm³/mol. The quantitative estimate of drug-likeness (QED) is 0.464. The minimum Gasteiger partial charge on any atom is -0.370 e. The lowest BCUT2D eigenvalue weighted by Gasteiger charge is -2.15. The van der Waals surface area contributed by atoms with Gasteiger partial charge in [-0.25, -0.2) is 4.99 Å². The van der Waals surface area contributed by atoms with Crippen LogP contribution in [0.5, 0.6) is 0 Å². The van der Waals surface area contributed by atoms with E-state index in [9.17, 15) is 0 Å². The predicted octanol–water partition coefficient (Wildman–Crippen LogP) is 4.17. The number of aliphatic imine (C=N–C) groups is 1. The maximum atomic E-state index is 6.00. The highest BCUT2D eigenvalue weighted by Gasteiger charge is 2.10. The maximum Gasteiger partial charge on any atom is 0.193 e. The molecule has 0 saturated carbocycles. The summed E-state index contributed by atoms with van der Waals surface area (Å²) >= 11 is 17.7. The average Bonchev–Trinajstić information content (AvgIpc) is 2.11. The van der Waals surface area contributed by atoms with Gasteiger partial charge in [0, 0.05) is 0 Å². The Morgan fingerprint density at radius 2 is 1.65 bits per heavy atom. The first-order valence-corrected chi connectivity index (χ1v) is 6.09. The van der Waals surface area contributed by atoms with Gasteiger partial charge in [0.2, 0.25) is 0 Å². The zero-order chi connectivity index (χ0) is 13.2. The summed E-state index contributed by atoms with van der Waals surface area (Å²) in [7, 11) is 0. The fourth-order valence-electron chi connectivity index (χ4n) is 1.15. The Balaban J connectivity index is 2.97. The highest BCUT2D eigenvalue weighted by molar-refractivity contribution is 6.44. The van der Waals surface area contributed by atoms with E-state index in [0.29, 0.717) is 20.8 Å². The molecule has 94 valence electrons. The van der Waals surface area contributed by atoms with Crippen molar-refractivity contribution in [3.63, 3.8) is 0 Å². The Labute approximate surface area is 116 Å². The summed E-state index contributed by atoms with van der Waals surface area (Å²) in [5.74, 6) is 0.276. The molecule has 0 aliphatic carbocycles. The SMILES string of the molecule is CC(C)(C)N=C(N)Nc1cc(Cl)c(Cl)cc1Cl. The summed E-state index contributed by atoms with van der Waals surface area (Å²) in [4.78, 5) is 4.25. The number of anilines is 1. The van der Waals surface area contributed by atoms with Crippen LogP contribution < -0.4 is 11.1 Å². The molecule has 0 aliphatic heterocycles. The Morgan fingerprint density at radius 3 is 2.18 bits per heavy atom. The Bertz CT molecular complexity index is 450. The summed E-state index contributed by atoms with van der Waals surface area (Å²) < 4.78 is 0. The number of nitrogens with two attached hydrogens (primary N) is 1. The van der Waals surface area contributed by atoms with Crippen molar-refractivity contribution in [2.75, 3.05) is 5.32 Å². The minimum atomic E-state index is -0.264. The number of nitrogens with zero attached hydrogens (tertiary/aromatic N) is 1. The highest BCUT2D eigenvalue weighted by Crippen LogP contribution is 2.32. The lowest BCUT2D eigenvalue weighted by Crippen LogP contribution is -2.27. The van der Waals surface area contributed by atoms with E-state index < -0.39 is 0 Å². The van der Waals surface area contributed by atoms with Gasteiger partial charge in [-0.15, -0.1) is 0 Å². The first kappa shape index (κ1) is 14.4. The third kappa shape index (κ3) is 4.62. The van der Waals surface area contributed by atoms with E-state index in [0.717, 1.165) is 0 Å². The molecule has 0 spiro atoms. The van der Waals surface area contributed by atoms with Crippen molar-refractivity contribution >= 4 is 46.4 Å². The molecule has 0 heterocycles. The molecule has 17 heavy (non-hydrogen) atoms. The van der Waals surface area contributed by atoms with Gasteiger partial charge in [-0.2, -0.15) is 0 Å². The molecule has 3 nitrogen and oxygen atoms in total. The van der Waals surface area contributed by atoms with Crippen LogP contribution in [0.3, 0.4) is 0 Å². The Morgan fingerprint density at radius 1 is 1.12 bits per heavy atom. The summed E-state index contributed by atoms with van der Waals surface area (Å²) in [5, 5.41) is 4.13. The van der Waals surface area contributed by atoms with E-state index in [1.54, 1.807) is 12.1 Å². The van der Waals surface area contributed by atoms with Gasteiger partial charge < -0.3 is 11.1 Å². The molecular weight excluding hydrogens is 281 g/mol. The molecule has 0 unspecified atom stereocenters. The van der Waals surface area contributed by atoms with Crippen molar-refractivity contribution in [3.05, 3.63) is 27.2 Å². The van der Waals surface area contributed by atoms with E-state index in [2.05, 4.69) is 10.3 Å². The van der Waals surface area contributed by atoms with Gasteiger partial charge in [0.25, 0.3) is 0 Å². The largest absolute Gasteiger partial charge is 0.370 e. The molecule has 0 aliphatic rings. The monoisotopic (exact) mass is 293 g/mol. The standard InChI is InChI=1S/C11H14Cl3N3/c1-11(2,3)17-10(15)16-9-5-7(13)6(12)4-8(9)14/h4-5H,1-3H3,(H3,15,16,17). The minimum absolute atomic E-state index is 0.264. The van der Waals surface area contributed by atoms with Gasteiger partial charge in [0.1, 0.15) is 0 Å². The number of benzene rings is 1. The van der Waals surface area contributed by atoms with Crippen molar-refractivity contribution in [1.29, 1.82) is 0 Å². The van der Waals surface area contributed by atoms with Crippen LogP contribution in [0.25, 0.3) is 0 Å². The third-order valence-corrected chi connectivity index (χ3v) is 2.76. The van der Waals surface area contributed by atoms with Crippen molar-refractivity contribution in [2.45, 2.75) is 26.3 Å². The van der Waals surface area contributed by atoms with Gasteiger partial charge in [-0.05, 0) is 32.9 Å². The van der Waals surface area contributed by atoms with Gasteiger partial charge >= 0.3 is 0 Å². The third-order valence-electron chi connectivity index (χ3n) is 1.73. The zero-order valence-corrected chi connectivity index (χ0v) is 12.1. The molecule has 0 amide bonds. The second-order valence-corrected chi connectivity index (χ2v) is 5.76. The van der Waals surface area contributed by atoms with Crippen LogP contribution in [-0.2, 0) is 0 Å². The molecule has 0 bridgehead atoms. The number of hydrogen-bond donors (Lipinski definition) is 2. The number of guanidine groups is 1. The van der Waals surface area contributed by atoms with Crippen LogP contribution in [0.1, 0.15) is 20.8 Å². The van der Waals surface area contributed by atoms with Crippen molar-refractivity contribution in [1.82, 2.24) is 0 Å². The van der Waals surface area contributed by atoms with Crippen molar-refractivity contribution < 1.29 is 0 Å².